The van der Waals surface area contributed by atoms with Crippen molar-refractivity contribution in [2.75, 3.05) is 25.1 Å². The minimum Gasteiger partial charge on any atom is -0.487 e. The number of rotatable bonds is 5. The van der Waals surface area contributed by atoms with E-state index in [0.29, 0.717) is 13.1 Å². The molecule has 0 unspecified atom stereocenters. The lowest BCUT2D eigenvalue weighted by atomic mass is 9.97. The van der Waals surface area contributed by atoms with E-state index < -0.39 is 5.97 Å². The highest BCUT2D eigenvalue weighted by Crippen LogP contribution is 2.45. The van der Waals surface area contributed by atoms with Crippen LogP contribution in [0.1, 0.15) is 0 Å². The molecule has 0 spiro atoms. The highest BCUT2D eigenvalue weighted by Gasteiger charge is 2.32. The number of aromatic amines is 1. The Morgan fingerprint density at radius 2 is 2.07 bits per heavy atom. The van der Waals surface area contributed by atoms with Crippen LogP contribution in [0.2, 0.25) is 0 Å². The summed E-state index contributed by atoms with van der Waals surface area (Å²) >= 11 is 1.49. The number of aromatic nitrogens is 1. The Morgan fingerprint density at radius 3 is 2.83 bits per heavy atom. The molecule has 1 aliphatic rings. The molecule has 2 aromatic heterocycles. The number of fused-ring (bicyclic) bond motifs is 1. The van der Waals surface area contributed by atoms with Crippen LogP contribution in [0.5, 0.6) is 5.06 Å². The van der Waals surface area contributed by atoms with Gasteiger partial charge in [-0.25, -0.2) is 4.39 Å². The third kappa shape index (κ3) is 3.02. The van der Waals surface area contributed by atoms with Crippen LogP contribution in [0, 0.1) is 11.7 Å². The summed E-state index contributed by atoms with van der Waals surface area (Å²) in [4.78, 5) is 16.6. The predicted molar refractivity (Wildman–Crippen MR) is 117 cm³/mol. The Balaban J connectivity index is 1.64. The molecule has 7 heteroatoms. The van der Waals surface area contributed by atoms with Gasteiger partial charge in [0.15, 0.2) is 5.06 Å². The highest BCUT2D eigenvalue weighted by molar-refractivity contribution is 7.12. The number of carboxylic acid groups (broad SMARTS) is 1. The van der Waals surface area contributed by atoms with Crippen molar-refractivity contribution in [2.45, 2.75) is 0 Å². The lowest BCUT2D eigenvalue weighted by molar-refractivity contribution is -0.142. The number of methoxy groups -OCH3 is 1. The number of benzene rings is 2. The zero-order valence-corrected chi connectivity index (χ0v) is 17.0. The maximum absolute atomic E-state index is 14.1. The van der Waals surface area contributed by atoms with Crippen LogP contribution < -0.4 is 9.64 Å². The fourth-order valence-corrected chi connectivity index (χ4v) is 4.72. The molecule has 152 valence electrons. The molecule has 1 saturated heterocycles. The molecule has 5 rings (SSSR count). The van der Waals surface area contributed by atoms with Crippen molar-refractivity contribution < 1.29 is 19.0 Å². The number of hydrogen-bond acceptors (Lipinski definition) is 4. The van der Waals surface area contributed by atoms with Crippen molar-refractivity contribution in [3.05, 3.63) is 59.7 Å². The zero-order chi connectivity index (χ0) is 20.8. The van der Waals surface area contributed by atoms with Gasteiger partial charge in [-0.3, -0.25) is 4.79 Å². The summed E-state index contributed by atoms with van der Waals surface area (Å²) in [5.74, 6) is -1.38. The first-order chi connectivity index (χ1) is 14.5. The first kappa shape index (κ1) is 18.7. The van der Waals surface area contributed by atoms with Crippen LogP contribution in [-0.4, -0.2) is 36.3 Å². The van der Waals surface area contributed by atoms with Gasteiger partial charge in [0.05, 0.1) is 18.7 Å². The smallest absolute Gasteiger partial charge is 0.310 e. The van der Waals surface area contributed by atoms with Gasteiger partial charge in [-0.2, -0.15) is 0 Å². The molecular weight excluding hydrogens is 403 g/mol. The third-order valence-electron chi connectivity index (χ3n) is 5.58. The zero-order valence-electron chi connectivity index (χ0n) is 16.2. The molecule has 2 N–H and O–H groups in total. The van der Waals surface area contributed by atoms with E-state index in [1.165, 1.54) is 17.4 Å². The Bertz CT molecular complexity index is 1260. The number of hydrogen-bond donors (Lipinski definition) is 2. The number of anilines is 1. The van der Waals surface area contributed by atoms with E-state index in [-0.39, 0.29) is 11.7 Å². The number of carbonyl (C=O) groups is 1. The second-order valence-electron chi connectivity index (χ2n) is 7.38. The lowest BCUT2D eigenvalue weighted by Crippen LogP contribution is -2.50. The number of thiophene rings is 1. The number of nitrogens with zero attached hydrogens (tertiary/aromatic N) is 1. The second kappa shape index (κ2) is 7.18. The maximum atomic E-state index is 14.1. The van der Waals surface area contributed by atoms with Crippen molar-refractivity contribution in [2.24, 2.45) is 5.92 Å². The lowest BCUT2D eigenvalue weighted by Gasteiger charge is -2.38. The summed E-state index contributed by atoms with van der Waals surface area (Å²) in [7, 11) is 1.63. The van der Waals surface area contributed by atoms with E-state index in [2.05, 4.69) is 9.88 Å². The van der Waals surface area contributed by atoms with Gasteiger partial charge in [0.2, 0.25) is 0 Å². The van der Waals surface area contributed by atoms with E-state index >= 15 is 0 Å². The summed E-state index contributed by atoms with van der Waals surface area (Å²) in [6.07, 6.45) is 0. The van der Waals surface area contributed by atoms with Gasteiger partial charge in [-0.05, 0) is 41.8 Å². The molecule has 5 nitrogen and oxygen atoms in total. The summed E-state index contributed by atoms with van der Waals surface area (Å²) in [6, 6.07) is 14.7. The van der Waals surface area contributed by atoms with E-state index in [1.807, 2.05) is 35.7 Å². The van der Waals surface area contributed by atoms with Crippen LogP contribution in [0.3, 0.4) is 0 Å². The quantitative estimate of drug-likeness (QED) is 0.462. The summed E-state index contributed by atoms with van der Waals surface area (Å²) in [5.41, 5.74) is 5.45. The van der Waals surface area contributed by atoms with Gasteiger partial charge in [-0.15, -0.1) is 11.3 Å². The van der Waals surface area contributed by atoms with Gasteiger partial charge >= 0.3 is 5.97 Å². The van der Waals surface area contributed by atoms with Crippen LogP contribution in [0.25, 0.3) is 33.3 Å². The molecule has 0 aliphatic carbocycles. The molecule has 4 aromatic rings. The summed E-state index contributed by atoms with van der Waals surface area (Å²) in [5, 5.41) is 12.7. The Kier molecular flexibility index (Phi) is 4.47. The monoisotopic (exact) mass is 422 g/mol. The fourth-order valence-electron chi connectivity index (χ4n) is 4.00. The first-order valence-corrected chi connectivity index (χ1v) is 10.4. The molecule has 1 fully saturated rings. The summed E-state index contributed by atoms with van der Waals surface area (Å²) in [6.45, 7) is 1.00. The molecular formula is C23H19FN2O3S. The number of aliphatic carboxylic acids is 1. The molecule has 1 aliphatic heterocycles. The van der Waals surface area contributed by atoms with Gasteiger partial charge in [0.1, 0.15) is 5.82 Å². The molecule has 0 amide bonds. The van der Waals surface area contributed by atoms with Gasteiger partial charge < -0.3 is 19.7 Å². The standard InChI is InChI=1S/C23H19FN2O3S/c1-29-23-17(7-8-30-23)20-18-10-15(24)5-6-19(18)25-21(20)13-3-2-4-16(9-13)26-11-14(12-26)22(27)28/h2-10,14,25H,11-12H2,1H3,(H,27,28). The van der Waals surface area contributed by atoms with Crippen LogP contribution in [0.4, 0.5) is 10.1 Å². The highest BCUT2D eigenvalue weighted by atomic mass is 32.1. The average Bonchev–Trinajstić information content (AvgIpc) is 3.30. The normalized spacial score (nSPS) is 14.1. The topological polar surface area (TPSA) is 65.6 Å². The average molecular weight is 422 g/mol. The number of H-pyrrole nitrogens is 1. The fraction of sp³-hybridized carbons (Fsp3) is 0.174. The molecule has 0 radical (unpaired) electrons. The minimum absolute atomic E-state index is 0.294. The third-order valence-corrected chi connectivity index (χ3v) is 6.45. The number of halogens is 1. The van der Waals surface area contributed by atoms with Crippen molar-refractivity contribution in [3.8, 4) is 27.4 Å². The molecule has 2 aromatic carbocycles. The Hall–Kier alpha value is -3.32. The van der Waals surface area contributed by atoms with Gasteiger partial charge in [0, 0.05) is 46.4 Å². The van der Waals surface area contributed by atoms with E-state index in [4.69, 9.17) is 9.84 Å². The number of carboxylic acids is 1. The predicted octanol–water partition coefficient (Wildman–Crippen LogP) is 5.23. The van der Waals surface area contributed by atoms with Crippen LogP contribution in [0.15, 0.2) is 53.9 Å². The van der Waals surface area contributed by atoms with E-state index in [0.717, 1.165) is 44.0 Å². The minimum atomic E-state index is -0.758. The van der Waals surface area contributed by atoms with Crippen molar-refractivity contribution >= 4 is 33.9 Å². The van der Waals surface area contributed by atoms with E-state index in [9.17, 15) is 9.18 Å². The van der Waals surface area contributed by atoms with Crippen LogP contribution >= 0.6 is 11.3 Å². The van der Waals surface area contributed by atoms with E-state index in [1.54, 1.807) is 19.2 Å². The molecule has 3 heterocycles. The first-order valence-electron chi connectivity index (χ1n) is 9.56. The largest absolute Gasteiger partial charge is 0.487 e. The van der Waals surface area contributed by atoms with Gasteiger partial charge in [-0.1, -0.05) is 12.1 Å². The molecule has 30 heavy (non-hydrogen) atoms. The SMILES string of the molecule is COc1sccc1-c1c(-c2cccc(N3CC(C(=O)O)C3)c2)[nH]c2ccc(F)cc12. The molecule has 0 saturated carbocycles. The Morgan fingerprint density at radius 1 is 1.23 bits per heavy atom. The number of ether oxygens (including phenoxy) is 1. The van der Waals surface area contributed by atoms with Gasteiger partial charge in [0.25, 0.3) is 0 Å². The van der Waals surface area contributed by atoms with Crippen molar-refractivity contribution in [1.29, 1.82) is 0 Å². The summed E-state index contributed by atoms with van der Waals surface area (Å²) < 4.78 is 19.6. The van der Waals surface area contributed by atoms with Crippen molar-refractivity contribution in [1.82, 2.24) is 4.98 Å². The van der Waals surface area contributed by atoms with Crippen molar-refractivity contribution in [3.63, 3.8) is 0 Å². The maximum Gasteiger partial charge on any atom is 0.310 e. The molecule has 0 atom stereocenters. The molecule has 0 bridgehead atoms. The number of nitrogens with one attached hydrogen (secondary N) is 1. The second-order valence-corrected chi connectivity index (χ2v) is 8.26. The Labute approximate surface area is 176 Å². The van der Waals surface area contributed by atoms with Crippen LogP contribution in [-0.2, 0) is 4.79 Å².